The summed E-state index contributed by atoms with van der Waals surface area (Å²) in [5.74, 6) is -0.124. The highest BCUT2D eigenvalue weighted by molar-refractivity contribution is 6.30. The van der Waals surface area contributed by atoms with Crippen molar-refractivity contribution in [3.05, 3.63) is 83.4 Å². The van der Waals surface area contributed by atoms with Crippen LogP contribution in [0.2, 0.25) is 5.02 Å². The minimum absolute atomic E-state index is 0.124. The van der Waals surface area contributed by atoms with Crippen molar-refractivity contribution in [2.24, 2.45) is 0 Å². The molecule has 4 rings (SSSR count). The smallest absolute Gasteiger partial charge is 0.255 e. The van der Waals surface area contributed by atoms with E-state index in [0.29, 0.717) is 16.7 Å². The van der Waals surface area contributed by atoms with Gasteiger partial charge in [0.15, 0.2) is 0 Å². The number of nitrogens with one attached hydrogen (secondary N) is 1. The molecule has 1 N–H and O–H groups in total. The molecule has 30 heavy (non-hydrogen) atoms. The van der Waals surface area contributed by atoms with Crippen LogP contribution in [0.25, 0.3) is 11.1 Å². The zero-order valence-electron chi connectivity index (χ0n) is 17.0. The first-order valence-corrected chi connectivity index (χ1v) is 10.6. The molecule has 3 aromatic rings. The van der Waals surface area contributed by atoms with Crippen molar-refractivity contribution in [2.75, 3.05) is 30.4 Å². The highest BCUT2D eigenvalue weighted by atomic mass is 35.5. The van der Waals surface area contributed by atoms with E-state index < -0.39 is 0 Å². The fourth-order valence-corrected chi connectivity index (χ4v) is 3.98. The average Bonchev–Trinajstić information content (AvgIpc) is 2.80. The quantitative estimate of drug-likeness (QED) is 0.560. The molecule has 0 atom stereocenters. The minimum atomic E-state index is -0.124. The molecule has 0 aromatic heterocycles. The number of hydrogen-bond donors (Lipinski definition) is 1. The van der Waals surface area contributed by atoms with E-state index in [1.54, 1.807) is 7.11 Å². The van der Waals surface area contributed by atoms with E-state index in [9.17, 15) is 4.79 Å². The van der Waals surface area contributed by atoms with E-state index in [4.69, 9.17) is 16.3 Å². The molecular weight excluding hydrogens is 396 g/mol. The van der Waals surface area contributed by atoms with Gasteiger partial charge in [-0.2, -0.15) is 0 Å². The van der Waals surface area contributed by atoms with Crippen molar-refractivity contribution in [2.45, 2.75) is 18.9 Å². The van der Waals surface area contributed by atoms with Crippen LogP contribution in [0.5, 0.6) is 0 Å². The second-order valence-electron chi connectivity index (χ2n) is 7.51. The molecule has 0 aliphatic carbocycles. The van der Waals surface area contributed by atoms with Crippen LogP contribution in [0.15, 0.2) is 72.8 Å². The van der Waals surface area contributed by atoms with E-state index >= 15 is 0 Å². The summed E-state index contributed by atoms with van der Waals surface area (Å²) in [4.78, 5) is 15.0. The molecule has 5 heteroatoms. The van der Waals surface area contributed by atoms with Crippen molar-refractivity contribution in [1.82, 2.24) is 0 Å². The summed E-state index contributed by atoms with van der Waals surface area (Å²) < 4.78 is 5.44. The number of hydrogen-bond acceptors (Lipinski definition) is 3. The molecule has 1 fully saturated rings. The molecule has 1 aliphatic heterocycles. The summed E-state index contributed by atoms with van der Waals surface area (Å²) in [5.41, 5.74) is 4.63. The van der Waals surface area contributed by atoms with Gasteiger partial charge in [0, 0.05) is 42.2 Å². The molecule has 0 bridgehead atoms. The van der Waals surface area contributed by atoms with E-state index in [-0.39, 0.29) is 5.91 Å². The maximum atomic E-state index is 12.6. The fourth-order valence-electron chi connectivity index (χ4n) is 3.79. The zero-order chi connectivity index (χ0) is 20.9. The second-order valence-corrected chi connectivity index (χ2v) is 7.95. The SMILES string of the molecule is COC1CCN(c2ccc(NC(=O)c3ccc(-c4cccc(Cl)c4)cc3)cc2)CC1. The number of nitrogens with zero attached hydrogens (tertiary/aromatic N) is 1. The van der Waals surface area contributed by atoms with Gasteiger partial charge in [0.25, 0.3) is 5.91 Å². The number of amides is 1. The molecular formula is C25H25ClN2O2. The maximum absolute atomic E-state index is 12.6. The first-order valence-electron chi connectivity index (χ1n) is 10.2. The lowest BCUT2D eigenvalue weighted by molar-refractivity contribution is 0.0819. The van der Waals surface area contributed by atoms with Crippen LogP contribution in [-0.2, 0) is 4.74 Å². The van der Waals surface area contributed by atoms with Crippen LogP contribution < -0.4 is 10.2 Å². The molecule has 4 nitrogen and oxygen atoms in total. The van der Waals surface area contributed by atoms with Crippen LogP contribution in [0, 0.1) is 0 Å². The topological polar surface area (TPSA) is 41.6 Å². The molecule has 1 saturated heterocycles. The lowest BCUT2D eigenvalue weighted by atomic mass is 10.0. The molecule has 0 unspecified atom stereocenters. The van der Waals surface area contributed by atoms with Crippen LogP contribution >= 0.6 is 11.6 Å². The molecule has 1 heterocycles. The molecule has 1 aliphatic rings. The summed E-state index contributed by atoms with van der Waals surface area (Å²) in [5, 5.41) is 3.67. The Morgan fingerprint density at radius 1 is 0.967 bits per heavy atom. The number of halogens is 1. The van der Waals surface area contributed by atoms with Gasteiger partial charge in [-0.1, -0.05) is 35.9 Å². The van der Waals surface area contributed by atoms with E-state index in [1.165, 1.54) is 5.69 Å². The predicted octanol–water partition coefficient (Wildman–Crippen LogP) is 5.87. The highest BCUT2D eigenvalue weighted by Crippen LogP contribution is 2.25. The third kappa shape index (κ3) is 4.84. The summed E-state index contributed by atoms with van der Waals surface area (Å²) in [6.45, 7) is 1.98. The normalized spacial score (nSPS) is 14.5. The number of piperidine rings is 1. The number of carbonyl (C=O) groups is 1. The molecule has 1 amide bonds. The lowest BCUT2D eigenvalue weighted by Crippen LogP contribution is -2.36. The summed E-state index contributed by atoms with van der Waals surface area (Å²) in [6.07, 6.45) is 2.45. The Kier molecular flexibility index (Phi) is 6.36. The van der Waals surface area contributed by atoms with Gasteiger partial charge in [0.2, 0.25) is 0 Å². The van der Waals surface area contributed by atoms with Gasteiger partial charge in [-0.15, -0.1) is 0 Å². The average molecular weight is 421 g/mol. The Hall–Kier alpha value is -2.82. The standard InChI is InChI=1S/C25H25ClN2O2/c1-30-24-13-15-28(16-14-24)23-11-9-22(10-12-23)27-25(29)19-7-5-18(6-8-19)20-3-2-4-21(26)17-20/h2-12,17,24H,13-16H2,1H3,(H,27,29). The Bertz CT molecular complexity index is 994. The number of anilines is 2. The van der Waals surface area contributed by atoms with Crippen LogP contribution in [0.3, 0.4) is 0 Å². The Labute approximate surface area is 182 Å². The molecule has 154 valence electrons. The molecule has 0 radical (unpaired) electrons. The van der Waals surface area contributed by atoms with Gasteiger partial charge in [0.05, 0.1) is 6.10 Å². The Morgan fingerprint density at radius 3 is 2.30 bits per heavy atom. The van der Waals surface area contributed by atoms with Gasteiger partial charge in [-0.25, -0.2) is 0 Å². The lowest BCUT2D eigenvalue weighted by Gasteiger charge is -2.33. The van der Waals surface area contributed by atoms with Crippen LogP contribution in [-0.4, -0.2) is 32.2 Å². The zero-order valence-corrected chi connectivity index (χ0v) is 17.7. The first kappa shape index (κ1) is 20.5. The number of benzene rings is 3. The van der Waals surface area contributed by atoms with Crippen molar-refractivity contribution < 1.29 is 9.53 Å². The molecule has 0 saturated carbocycles. The second kappa shape index (κ2) is 9.33. The van der Waals surface area contributed by atoms with E-state index in [1.807, 2.05) is 60.7 Å². The highest BCUT2D eigenvalue weighted by Gasteiger charge is 2.18. The van der Waals surface area contributed by atoms with Crippen molar-refractivity contribution in [3.8, 4) is 11.1 Å². The molecule has 0 spiro atoms. The predicted molar refractivity (Wildman–Crippen MR) is 124 cm³/mol. The Morgan fingerprint density at radius 2 is 1.67 bits per heavy atom. The first-order chi connectivity index (χ1) is 14.6. The van der Waals surface area contributed by atoms with Crippen LogP contribution in [0.1, 0.15) is 23.2 Å². The summed E-state index contributed by atoms with van der Waals surface area (Å²) in [7, 11) is 1.78. The van der Waals surface area contributed by atoms with Gasteiger partial charge in [-0.3, -0.25) is 4.79 Å². The minimum Gasteiger partial charge on any atom is -0.381 e. The van der Waals surface area contributed by atoms with Crippen LogP contribution in [0.4, 0.5) is 11.4 Å². The van der Waals surface area contributed by atoms with Gasteiger partial charge >= 0.3 is 0 Å². The monoisotopic (exact) mass is 420 g/mol. The largest absolute Gasteiger partial charge is 0.381 e. The Balaban J connectivity index is 1.38. The van der Waals surface area contributed by atoms with Gasteiger partial charge in [-0.05, 0) is 72.5 Å². The maximum Gasteiger partial charge on any atom is 0.255 e. The number of rotatable bonds is 5. The number of ether oxygens (including phenoxy) is 1. The third-order valence-corrected chi connectivity index (χ3v) is 5.81. The van der Waals surface area contributed by atoms with Gasteiger partial charge < -0.3 is 15.0 Å². The number of carbonyl (C=O) groups excluding carboxylic acids is 1. The summed E-state index contributed by atoms with van der Waals surface area (Å²) >= 11 is 6.07. The van der Waals surface area contributed by atoms with E-state index in [0.717, 1.165) is 42.7 Å². The third-order valence-electron chi connectivity index (χ3n) is 5.57. The van der Waals surface area contributed by atoms with Gasteiger partial charge in [0.1, 0.15) is 0 Å². The molecule has 3 aromatic carbocycles. The van der Waals surface area contributed by atoms with Crippen molar-refractivity contribution >= 4 is 28.9 Å². The summed E-state index contributed by atoms with van der Waals surface area (Å²) in [6, 6.07) is 23.3. The number of methoxy groups -OCH3 is 1. The van der Waals surface area contributed by atoms with Crippen molar-refractivity contribution in [3.63, 3.8) is 0 Å². The van der Waals surface area contributed by atoms with Crippen molar-refractivity contribution in [1.29, 1.82) is 0 Å². The van der Waals surface area contributed by atoms with E-state index in [2.05, 4.69) is 22.3 Å². The fraction of sp³-hybridized carbons (Fsp3) is 0.240.